The smallest absolute Gasteiger partial charge is 0.358 e. The fourth-order valence-corrected chi connectivity index (χ4v) is 0.735. The van der Waals surface area contributed by atoms with Crippen molar-refractivity contribution in [3.05, 3.63) is 33.0 Å². The molecule has 0 N–H and O–H groups in total. The number of hydrogen-bond acceptors (Lipinski definition) is 3. The lowest BCUT2D eigenvalue weighted by atomic mass is 10.3. The van der Waals surface area contributed by atoms with Crippen molar-refractivity contribution >= 4 is 17.4 Å². The van der Waals surface area contributed by atoms with Crippen LogP contribution in [-0.4, -0.2) is 9.91 Å². The SMILES string of the molecule is Cc1cnc([N+](=O)[O-])cc1Cl. The van der Waals surface area contributed by atoms with Gasteiger partial charge in [-0.05, 0) is 16.8 Å². The van der Waals surface area contributed by atoms with Crippen LogP contribution in [0.3, 0.4) is 0 Å². The maximum Gasteiger partial charge on any atom is 0.364 e. The second kappa shape index (κ2) is 2.84. The molecule has 0 unspecified atom stereocenters. The molecule has 0 atom stereocenters. The van der Waals surface area contributed by atoms with Crippen LogP contribution in [0.2, 0.25) is 5.02 Å². The Labute approximate surface area is 68.0 Å². The van der Waals surface area contributed by atoms with E-state index in [4.69, 9.17) is 11.6 Å². The minimum atomic E-state index is -0.578. The molecule has 0 fully saturated rings. The van der Waals surface area contributed by atoms with Gasteiger partial charge in [-0.1, -0.05) is 11.6 Å². The summed E-state index contributed by atoms with van der Waals surface area (Å²) < 4.78 is 0. The second-order valence-corrected chi connectivity index (χ2v) is 2.46. The zero-order valence-electron chi connectivity index (χ0n) is 5.74. The summed E-state index contributed by atoms with van der Waals surface area (Å²) in [7, 11) is 0. The zero-order chi connectivity index (χ0) is 8.43. The molecule has 1 aromatic rings. The number of nitrogens with zero attached hydrogens (tertiary/aromatic N) is 2. The molecule has 4 nitrogen and oxygen atoms in total. The van der Waals surface area contributed by atoms with Gasteiger partial charge in [0.05, 0.1) is 11.1 Å². The molecule has 0 aliphatic heterocycles. The molecule has 1 aromatic heterocycles. The van der Waals surface area contributed by atoms with Gasteiger partial charge in [0.15, 0.2) is 0 Å². The summed E-state index contributed by atoms with van der Waals surface area (Å²) >= 11 is 5.61. The lowest BCUT2D eigenvalue weighted by Crippen LogP contribution is -1.91. The maximum absolute atomic E-state index is 10.1. The Hall–Kier alpha value is -1.16. The van der Waals surface area contributed by atoms with Crippen molar-refractivity contribution in [2.24, 2.45) is 0 Å². The summed E-state index contributed by atoms with van der Waals surface area (Å²) in [6, 6.07) is 1.23. The van der Waals surface area contributed by atoms with Gasteiger partial charge in [0.25, 0.3) is 0 Å². The number of pyridine rings is 1. The molecule has 0 aliphatic carbocycles. The van der Waals surface area contributed by atoms with Gasteiger partial charge in [-0.2, -0.15) is 0 Å². The highest BCUT2D eigenvalue weighted by atomic mass is 35.5. The van der Waals surface area contributed by atoms with E-state index in [0.717, 1.165) is 5.56 Å². The van der Waals surface area contributed by atoms with Gasteiger partial charge in [0.2, 0.25) is 0 Å². The first kappa shape index (κ1) is 7.94. The summed E-state index contributed by atoms with van der Waals surface area (Å²) in [6.45, 7) is 1.74. The Balaban J connectivity index is 3.15. The molecule has 0 saturated heterocycles. The lowest BCUT2D eigenvalue weighted by molar-refractivity contribution is -0.389. The van der Waals surface area contributed by atoms with Gasteiger partial charge in [0, 0.05) is 5.56 Å². The fraction of sp³-hybridized carbons (Fsp3) is 0.167. The average Bonchev–Trinajstić information content (AvgIpc) is 1.94. The molecule has 0 saturated carbocycles. The maximum atomic E-state index is 10.1. The molecule has 58 valence electrons. The van der Waals surface area contributed by atoms with Gasteiger partial charge in [-0.3, -0.25) is 0 Å². The van der Waals surface area contributed by atoms with Crippen LogP contribution in [0.25, 0.3) is 0 Å². The first-order valence-corrected chi connectivity index (χ1v) is 3.25. The Morgan fingerprint density at radius 1 is 1.73 bits per heavy atom. The molecular weight excluding hydrogens is 168 g/mol. The van der Waals surface area contributed by atoms with Gasteiger partial charge < -0.3 is 10.1 Å². The van der Waals surface area contributed by atoms with E-state index in [1.54, 1.807) is 6.92 Å². The standard InChI is InChI=1S/C6H5ClN2O2/c1-4-3-8-6(9(10)11)2-5(4)7/h2-3H,1H3. The summed E-state index contributed by atoms with van der Waals surface area (Å²) in [5, 5.41) is 10.5. The Morgan fingerprint density at radius 3 is 2.82 bits per heavy atom. The molecule has 1 rings (SSSR count). The Bertz CT molecular complexity index is 301. The minimum absolute atomic E-state index is 0.222. The van der Waals surface area contributed by atoms with Crippen LogP contribution >= 0.6 is 11.6 Å². The molecule has 5 heteroatoms. The van der Waals surface area contributed by atoms with Gasteiger partial charge in [-0.15, -0.1) is 0 Å². The van der Waals surface area contributed by atoms with Gasteiger partial charge in [0.1, 0.15) is 6.20 Å². The fourth-order valence-electron chi connectivity index (χ4n) is 0.589. The molecule has 0 aliphatic rings. The molecule has 0 radical (unpaired) electrons. The van der Waals surface area contributed by atoms with Crippen LogP contribution in [0.1, 0.15) is 5.56 Å². The number of halogens is 1. The lowest BCUT2D eigenvalue weighted by Gasteiger charge is -1.93. The quantitative estimate of drug-likeness (QED) is 0.481. The van der Waals surface area contributed by atoms with Crippen molar-refractivity contribution < 1.29 is 4.92 Å². The average molecular weight is 173 g/mol. The van der Waals surface area contributed by atoms with E-state index in [-0.39, 0.29) is 5.82 Å². The van der Waals surface area contributed by atoms with Crippen LogP contribution < -0.4 is 0 Å². The summed E-state index contributed by atoms with van der Waals surface area (Å²) in [6.07, 6.45) is 1.38. The number of nitro groups is 1. The van der Waals surface area contributed by atoms with E-state index in [2.05, 4.69) is 4.98 Å². The van der Waals surface area contributed by atoms with Crippen molar-refractivity contribution in [2.45, 2.75) is 6.92 Å². The van der Waals surface area contributed by atoms with Crippen LogP contribution in [0, 0.1) is 17.0 Å². The molecule has 11 heavy (non-hydrogen) atoms. The van der Waals surface area contributed by atoms with Crippen LogP contribution in [0.5, 0.6) is 0 Å². The molecule has 0 bridgehead atoms. The highest BCUT2D eigenvalue weighted by Gasteiger charge is 2.08. The van der Waals surface area contributed by atoms with E-state index in [9.17, 15) is 10.1 Å². The Kier molecular flexibility index (Phi) is 2.05. The zero-order valence-corrected chi connectivity index (χ0v) is 6.50. The predicted molar refractivity (Wildman–Crippen MR) is 40.6 cm³/mol. The van der Waals surface area contributed by atoms with E-state index in [0.29, 0.717) is 5.02 Å². The van der Waals surface area contributed by atoms with Crippen LogP contribution in [-0.2, 0) is 0 Å². The predicted octanol–water partition coefficient (Wildman–Crippen LogP) is 1.95. The first-order chi connectivity index (χ1) is 5.11. The second-order valence-electron chi connectivity index (χ2n) is 2.05. The third kappa shape index (κ3) is 1.65. The monoisotopic (exact) mass is 172 g/mol. The molecule has 1 heterocycles. The number of aryl methyl sites for hydroxylation is 1. The number of hydrogen-bond donors (Lipinski definition) is 0. The highest BCUT2D eigenvalue weighted by Crippen LogP contribution is 2.18. The van der Waals surface area contributed by atoms with E-state index < -0.39 is 4.92 Å². The van der Waals surface area contributed by atoms with E-state index >= 15 is 0 Å². The van der Waals surface area contributed by atoms with E-state index in [1.165, 1.54) is 12.3 Å². The van der Waals surface area contributed by atoms with Gasteiger partial charge in [-0.25, -0.2) is 0 Å². The van der Waals surface area contributed by atoms with Crippen molar-refractivity contribution in [3.8, 4) is 0 Å². The number of aromatic nitrogens is 1. The van der Waals surface area contributed by atoms with Crippen LogP contribution in [0.15, 0.2) is 12.3 Å². The third-order valence-electron chi connectivity index (χ3n) is 1.21. The summed E-state index contributed by atoms with van der Waals surface area (Å²) in [5.41, 5.74) is 0.734. The normalized spacial score (nSPS) is 9.64. The molecular formula is C6H5ClN2O2. The Morgan fingerprint density at radius 2 is 2.36 bits per heavy atom. The van der Waals surface area contributed by atoms with Crippen LogP contribution in [0.4, 0.5) is 5.82 Å². The van der Waals surface area contributed by atoms with Crippen molar-refractivity contribution in [1.29, 1.82) is 0 Å². The minimum Gasteiger partial charge on any atom is -0.358 e. The summed E-state index contributed by atoms with van der Waals surface area (Å²) in [4.78, 5) is 13.1. The third-order valence-corrected chi connectivity index (χ3v) is 1.62. The van der Waals surface area contributed by atoms with Crippen molar-refractivity contribution in [3.63, 3.8) is 0 Å². The molecule has 0 spiro atoms. The first-order valence-electron chi connectivity index (χ1n) is 2.88. The molecule has 0 amide bonds. The number of rotatable bonds is 1. The highest BCUT2D eigenvalue weighted by molar-refractivity contribution is 6.31. The largest absolute Gasteiger partial charge is 0.364 e. The topological polar surface area (TPSA) is 56.0 Å². The van der Waals surface area contributed by atoms with Crippen molar-refractivity contribution in [1.82, 2.24) is 4.98 Å². The van der Waals surface area contributed by atoms with E-state index in [1.807, 2.05) is 0 Å². The van der Waals surface area contributed by atoms with Gasteiger partial charge >= 0.3 is 5.82 Å². The molecule has 0 aromatic carbocycles. The summed E-state index contributed by atoms with van der Waals surface area (Å²) in [5.74, 6) is -0.222. The van der Waals surface area contributed by atoms with Crippen molar-refractivity contribution in [2.75, 3.05) is 0 Å².